The predicted octanol–water partition coefficient (Wildman–Crippen LogP) is 2.34. The zero-order valence-corrected chi connectivity index (χ0v) is 8.63. The van der Waals surface area contributed by atoms with Gasteiger partial charge in [-0.05, 0) is 13.1 Å². The minimum Gasteiger partial charge on any atom is -0.444 e. The molecule has 1 N–H and O–H groups in total. The maximum absolute atomic E-state index is 13.6. The number of hydrogen-bond donors (Lipinski definition) is 1. The molecule has 0 aliphatic rings. The number of nitrogens with zero attached hydrogens (tertiary/aromatic N) is 1. The zero-order valence-electron chi connectivity index (χ0n) is 8.63. The molecule has 5 heteroatoms. The van der Waals surface area contributed by atoms with Crippen LogP contribution in [0.2, 0.25) is 0 Å². The van der Waals surface area contributed by atoms with Gasteiger partial charge in [-0.1, -0.05) is 6.07 Å². The standard InChI is InChI=1S/C11H10F2N2O/c1-14-6-7-2-3-8(10(13)9(7)12)11-15-4-5-16-11/h2-5,14H,6H2,1H3. The van der Waals surface area contributed by atoms with E-state index < -0.39 is 11.6 Å². The van der Waals surface area contributed by atoms with Crippen LogP contribution < -0.4 is 5.32 Å². The first-order chi connectivity index (χ1) is 7.74. The summed E-state index contributed by atoms with van der Waals surface area (Å²) in [6.07, 6.45) is 2.70. The van der Waals surface area contributed by atoms with E-state index in [1.54, 1.807) is 7.05 Å². The number of aromatic nitrogens is 1. The Kier molecular flexibility index (Phi) is 2.96. The number of hydrogen-bond acceptors (Lipinski definition) is 3. The molecule has 2 aromatic rings. The van der Waals surface area contributed by atoms with Crippen molar-refractivity contribution >= 4 is 0 Å². The fourth-order valence-electron chi connectivity index (χ4n) is 1.44. The number of halogens is 2. The largest absolute Gasteiger partial charge is 0.444 e. The highest BCUT2D eigenvalue weighted by molar-refractivity contribution is 5.55. The molecule has 0 saturated carbocycles. The molecule has 0 aliphatic carbocycles. The second-order valence-electron chi connectivity index (χ2n) is 3.27. The van der Waals surface area contributed by atoms with Gasteiger partial charge in [0, 0.05) is 12.1 Å². The lowest BCUT2D eigenvalue weighted by atomic mass is 10.1. The van der Waals surface area contributed by atoms with Gasteiger partial charge < -0.3 is 9.73 Å². The normalized spacial score (nSPS) is 10.7. The summed E-state index contributed by atoms with van der Waals surface area (Å²) in [6.45, 7) is 0.272. The van der Waals surface area contributed by atoms with Crippen LogP contribution in [0.25, 0.3) is 11.5 Å². The maximum atomic E-state index is 13.6. The predicted molar refractivity (Wildman–Crippen MR) is 54.6 cm³/mol. The van der Waals surface area contributed by atoms with Crippen molar-refractivity contribution in [2.75, 3.05) is 7.05 Å². The van der Waals surface area contributed by atoms with Crippen molar-refractivity contribution in [3.05, 3.63) is 41.8 Å². The monoisotopic (exact) mass is 224 g/mol. The highest BCUT2D eigenvalue weighted by Crippen LogP contribution is 2.24. The lowest BCUT2D eigenvalue weighted by molar-refractivity contribution is 0.491. The van der Waals surface area contributed by atoms with E-state index in [1.807, 2.05) is 0 Å². The number of nitrogens with one attached hydrogen (secondary N) is 1. The van der Waals surface area contributed by atoms with Crippen LogP contribution in [0.3, 0.4) is 0 Å². The first-order valence-electron chi connectivity index (χ1n) is 4.75. The number of oxazole rings is 1. The summed E-state index contributed by atoms with van der Waals surface area (Å²) in [5, 5.41) is 2.76. The van der Waals surface area contributed by atoms with Crippen LogP contribution in [0, 0.1) is 11.6 Å². The van der Waals surface area contributed by atoms with Gasteiger partial charge in [0.15, 0.2) is 11.6 Å². The highest BCUT2D eigenvalue weighted by atomic mass is 19.2. The smallest absolute Gasteiger partial charge is 0.228 e. The Morgan fingerprint density at radius 3 is 2.75 bits per heavy atom. The van der Waals surface area contributed by atoms with Crippen LogP contribution in [0.4, 0.5) is 8.78 Å². The third-order valence-electron chi connectivity index (χ3n) is 2.19. The molecule has 0 aliphatic heterocycles. The minimum absolute atomic E-state index is 0.0300. The third kappa shape index (κ3) is 1.81. The van der Waals surface area contributed by atoms with Crippen molar-refractivity contribution in [2.24, 2.45) is 0 Å². The summed E-state index contributed by atoms with van der Waals surface area (Å²) in [5.41, 5.74) is 0.303. The van der Waals surface area contributed by atoms with Crippen LogP contribution in [0.5, 0.6) is 0 Å². The molecule has 2 rings (SSSR count). The van der Waals surface area contributed by atoms with Gasteiger partial charge in [0.2, 0.25) is 5.89 Å². The Labute approximate surface area is 91.1 Å². The maximum Gasteiger partial charge on any atom is 0.228 e. The zero-order chi connectivity index (χ0) is 11.5. The molecular formula is C11H10F2N2O. The summed E-state index contributed by atoms with van der Waals surface area (Å²) in [4.78, 5) is 3.78. The second-order valence-corrected chi connectivity index (χ2v) is 3.27. The second kappa shape index (κ2) is 4.40. The molecule has 0 amide bonds. The van der Waals surface area contributed by atoms with Gasteiger partial charge in [-0.3, -0.25) is 0 Å². The molecule has 1 aromatic carbocycles. The molecule has 1 heterocycles. The van der Waals surface area contributed by atoms with E-state index in [4.69, 9.17) is 4.42 Å². The molecule has 0 atom stereocenters. The van der Waals surface area contributed by atoms with Gasteiger partial charge in [0.25, 0.3) is 0 Å². The van der Waals surface area contributed by atoms with Crippen molar-refractivity contribution in [1.82, 2.24) is 10.3 Å². The molecule has 84 valence electrons. The Morgan fingerprint density at radius 2 is 2.12 bits per heavy atom. The minimum atomic E-state index is -0.935. The van der Waals surface area contributed by atoms with Gasteiger partial charge in [-0.25, -0.2) is 13.8 Å². The van der Waals surface area contributed by atoms with Crippen molar-refractivity contribution in [3.8, 4) is 11.5 Å². The van der Waals surface area contributed by atoms with Crippen LogP contribution in [-0.2, 0) is 6.54 Å². The Hall–Kier alpha value is -1.75. The number of rotatable bonds is 3. The Balaban J connectivity index is 2.47. The first kappa shape index (κ1) is 10.8. The average Bonchev–Trinajstić information content (AvgIpc) is 2.79. The van der Waals surface area contributed by atoms with E-state index in [2.05, 4.69) is 10.3 Å². The Morgan fingerprint density at radius 1 is 1.31 bits per heavy atom. The van der Waals surface area contributed by atoms with E-state index in [9.17, 15) is 8.78 Å². The SMILES string of the molecule is CNCc1ccc(-c2ncco2)c(F)c1F. The van der Waals surface area contributed by atoms with E-state index in [0.717, 1.165) is 0 Å². The van der Waals surface area contributed by atoms with Crippen molar-refractivity contribution in [2.45, 2.75) is 6.54 Å². The highest BCUT2D eigenvalue weighted by Gasteiger charge is 2.16. The van der Waals surface area contributed by atoms with Crippen LogP contribution in [-0.4, -0.2) is 12.0 Å². The summed E-state index contributed by atoms with van der Waals surface area (Å²) < 4.78 is 32.1. The third-order valence-corrected chi connectivity index (χ3v) is 2.19. The van der Waals surface area contributed by atoms with Gasteiger partial charge in [-0.15, -0.1) is 0 Å². The molecule has 0 unspecified atom stereocenters. The van der Waals surface area contributed by atoms with Crippen LogP contribution in [0.1, 0.15) is 5.56 Å². The topological polar surface area (TPSA) is 38.1 Å². The first-order valence-corrected chi connectivity index (χ1v) is 4.75. The molecule has 1 aromatic heterocycles. The molecular weight excluding hydrogens is 214 g/mol. The van der Waals surface area contributed by atoms with Gasteiger partial charge in [0.1, 0.15) is 6.26 Å². The summed E-state index contributed by atoms with van der Waals surface area (Å²) in [6, 6.07) is 2.96. The molecule has 3 nitrogen and oxygen atoms in total. The quantitative estimate of drug-likeness (QED) is 0.869. The summed E-state index contributed by atoms with van der Waals surface area (Å²) >= 11 is 0. The van der Waals surface area contributed by atoms with Crippen LogP contribution in [0.15, 0.2) is 29.0 Å². The van der Waals surface area contributed by atoms with Gasteiger partial charge in [-0.2, -0.15) is 0 Å². The van der Waals surface area contributed by atoms with Crippen LogP contribution >= 0.6 is 0 Å². The Bertz CT molecular complexity index is 483. The fraction of sp³-hybridized carbons (Fsp3) is 0.182. The molecule has 0 fully saturated rings. The van der Waals surface area contributed by atoms with Crippen molar-refractivity contribution in [1.29, 1.82) is 0 Å². The molecule has 0 bridgehead atoms. The van der Waals surface area contributed by atoms with E-state index in [1.165, 1.54) is 24.6 Å². The molecule has 0 saturated heterocycles. The average molecular weight is 224 g/mol. The lowest BCUT2D eigenvalue weighted by Crippen LogP contribution is -2.08. The molecule has 0 radical (unpaired) electrons. The van der Waals surface area contributed by atoms with E-state index >= 15 is 0 Å². The summed E-state index contributed by atoms with van der Waals surface area (Å²) in [5.74, 6) is -1.73. The van der Waals surface area contributed by atoms with Crippen molar-refractivity contribution in [3.63, 3.8) is 0 Å². The van der Waals surface area contributed by atoms with Crippen molar-refractivity contribution < 1.29 is 13.2 Å². The fourth-order valence-corrected chi connectivity index (χ4v) is 1.44. The number of benzene rings is 1. The lowest BCUT2D eigenvalue weighted by Gasteiger charge is -2.05. The van der Waals surface area contributed by atoms with Gasteiger partial charge in [0.05, 0.1) is 11.8 Å². The van der Waals surface area contributed by atoms with E-state index in [0.29, 0.717) is 0 Å². The molecule has 0 spiro atoms. The van der Waals surface area contributed by atoms with Gasteiger partial charge >= 0.3 is 0 Å². The van der Waals surface area contributed by atoms with E-state index in [-0.39, 0.29) is 23.6 Å². The summed E-state index contributed by atoms with van der Waals surface area (Å²) in [7, 11) is 1.67. The molecule has 16 heavy (non-hydrogen) atoms.